The Labute approximate surface area is 126 Å². The van der Waals surface area contributed by atoms with E-state index in [9.17, 15) is 0 Å². The van der Waals surface area contributed by atoms with E-state index in [1.165, 1.54) is 19.9 Å². The highest BCUT2D eigenvalue weighted by Gasteiger charge is 1.98. The molecule has 0 aliphatic carbocycles. The van der Waals surface area contributed by atoms with Gasteiger partial charge in [-0.3, -0.25) is 0 Å². The lowest BCUT2D eigenvalue weighted by Gasteiger charge is -2.07. The van der Waals surface area contributed by atoms with Gasteiger partial charge in [-0.15, -0.1) is 0 Å². The summed E-state index contributed by atoms with van der Waals surface area (Å²) in [6.45, 7) is 0.606. The minimum Gasteiger partial charge on any atom is -0.489 e. The van der Waals surface area contributed by atoms with Gasteiger partial charge in [-0.2, -0.15) is 0 Å². The van der Waals surface area contributed by atoms with Gasteiger partial charge < -0.3 is 4.74 Å². The van der Waals surface area contributed by atoms with Crippen LogP contribution in [0.25, 0.3) is 10.8 Å². The second-order valence-corrected chi connectivity index (χ2v) is 5.67. The van der Waals surface area contributed by atoms with Crippen molar-refractivity contribution in [2.45, 2.75) is 6.61 Å². The van der Waals surface area contributed by atoms with E-state index in [0.29, 0.717) is 6.61 Å². The fourth-order valence-corrected chi connectivity index (χ4v) is 2.36. The number of hydrogen-bond donors (Lipinski definition) is 0. The third kappa shape index (κ3) is 3.07. The molecule has 0 bridgehead atoms. The van der Waals surface area contributed by atoms with Crippen LogP contribution in [0.3, 0.4) is 0 Å². The molecule has 1 nitrogen and oxygen atoms in total. The Kier molecular flexibility index (Phi) is 3.69. The van der Waals surface area contributed by atoms with Crippen molar-refractivity contribution >= 4 is 33.4 Å². The molecule has 0 radical (unpaired) electrons. The first-order chi connectivity index (χ1) is 9.31. The molecule has 19 heavy (non-hydrogen) atoms. The van der Waals surface area contributed by atoms with Crippen LogP contribution in [0.4, 0.5) is 0 Å². The van der Waals surface area contributed by atoms with E-state index >= 15 is 0 Å². The molecule has 0 N–H and O–H groups in total. The summed E-state index contributed by atoms with van der Waals surface area (Å²) < 4.78 is 7.08. The molecule has 0 atom stereocenters. The van der Waals surface area contributed by atoms with Crippen LogP contribution >= 0.6 is 22.6 Å². The van der Waals surface area contributed by atoms with Gasteiger partial charge in [0.05, 0.1) is 0 Å². The van der Waals surface area contributed by atoms with Gasteiger partial charge >= 0.3 is 0 Å². The maximum atomic E-state index is 5.84. The average Bonchev–Trinajstić information content (AvgIpc) is 2.46. The lowest BCUT2D eigenvalue weighted by molar-refractivity contribution is 0.306. The molecule has 0 saturated carbocycles. The van der Waals surface area contributed by atoms with Crippen LogP contribution in [0.2, 0.25) is 0 Å². The van der Waals surface area contributed by atoms with Crippen LogP contribution in [0.1, 0.15) is 5.56 Å². The first-order valence-corrected chi connectivity index (χ1v) is 7.25. The fraction of sp³-hybridized carbons (Fsp3) is 0.0588. The molecule has 2 heteroatoms. The van der Waals surface area contributed by atoms with Crippen molar-refractivity contribution in [1.29, 1.82) is 0 Å². The number of benzene rings is 3. The Hall–Kier alpha value is -1.55. The molecule has 0 amide bonds. The fourth-order valence-electron chi connectivity index (χ4n) is 2.00. The topological polar surface area (TPSA) is 9.23 Å². The van der Waals surface area contributed by atoms with Crippen molar-refractivity contribution < 1.29 is 4.74 Å². The predicted molar refractivity (Wildman–Crippen MR) is 87.4 cm³/mol. The largest absolute Gasteiger partial charge is 0.489 e. The summed E-state index contributed by atoms with van der Waals surface area (Å²) in [7, 11) is 0. The van der Waals surface area contributed by atoms with Gasteiger partial charge in [0, 0.05) is 3.57 Å². The molecule has 0 aliphatic heterocycles. The Morgan fingerprint density at radius 3 is 2.32 bits per heavy atom. The Morgan fingerprint density at radius 1 is 0.789 bits per heavy atom. The lowest BCUT2D eigenvalue weighted by atomic mass is 10.1. The molecule has 0 spiro atoms. The third-order valence-corrected chi connectivity index (χ3v) is 3.76. The van der Waals surface area contributed by atoms with Gasteiger partial charge in [-0.25, -0.2) is 0 Å². The molecular weight excluding hydrogens is 347 g/mol. The van der Waals surface area contributed by atoms with E-state index < -0.39 is 0 Å². The molecule has 0 saturated heterocycles. The maximum absolute atomic E-state index is 5.84. The Bertz CT molecular complexity index is 689. The lowest BCUT2D eigenvalue weighted by Crippen LogP contribution is -1.95. The smallest absolute Gasteiger partial charge is 0.120 e. The van der Waals surface area contributed by atoms with Gasteiger partial charge in [0.25, 0.3) is 0 Å². The van der Waals surface area contributed by atoms with Gasteiger partial charge in [-0.05, 0) is 63.2 Å². The molecule has 94 valence electrons. The monoisotopic (exact) mass is 360 g/mol. The molecule has 0 heterocycles. The van der Waals surface area contributed by atoms with E-state index in [0.717, 1.165) is 5.75 Å². The highest BCUT2D eigenvalue weighted by Crippen LogP contribution is 2.21. The predicted octanol–water partition coefficient (Wildman–Crippen LogP) is 5.02. The first kappa shape index (κ1) is 12.5. The van der Waals surface area contributed by atoms with Crippen molar-refractivity contribution in [2.24, 2.45) is 0 Å². The van der Waals surface area contributed by atoms with E-state index in [2.05, 4.69) is 77.2 Å². The zero-order valence-corrected chi connectivity index (χ0v) is 12.5. The van der Waals surface area contributed by atoms with E-state index in [4.69, 9.17) is 4.74 Å². The molecule has 0 aliphatic rings. The summed E-state index contributed by atoms with van der Waals surface area (Å²) in [5.41, 5.74) is 1.19. The third-order valence-electron chi connectivity index (χ3n) is 3.04. The number of rotatable bonds is 3. The highest BCUT2D eigenvalue weighted by atomic mass is 127. The maximum Gasteiger partial charge on any atom is 0.120 e. The molecule has 3 rings (SSSR count). The average molecular weight is 360 g/mol. The van der Waals surface area contributed by atoms with Crippen molar-refractivity contribution in [1.82, 2.24) is 0 Å². The zero-order chi connectivity index (χ0) is 13.1. The second-order valence-electron chi connectivity index (χ2n) is 4.42. The molecule has 3 aromatic carbocycles. The SMILES string of the molecule is Ic1ccc(COc2ccc3ccccc3c2)cc1. The van der Waals surface area contributed by atoms with Crippen molar-refractivity contribution in [2.75, 3.05) is 0 Å². The minimum absolute atomic E-state index is 0.606. The van der Waals surface area contributed by atoms with Crippen molar-refractivity contribution in [3.63, 3.8) is 0 Å². The summed E-state index contributed by atoms with van der Waals surface area (Å²) in [6.07, 6.45) is 0. The summed E-state index contributed by atoms with van der Waals surface area (Å²) in [5, 5.41) is 2.45. The van der Waals surface area contributed by atoms with E-state index in [-0.39, 0.29) is 0 Å². The first-order valence-electron chi connectivity index (χ1n) is 6.17. The van der Waals surface area contributed by atoms with Gasteiger partial charge in [0.2, 0.25) is 0 Å². The Balaban J connectivity index is 1.76. The van der Waals surface area contributed by atoms with Crippen LogP contribution < -0.4 is 4.74 Å². The number of hydrogen-bond acceptors (Lipinski definition) is 1. The van der Waals surface area contributed by atoms with Crippen molar-refractivity contribution in [3.05, 3.63) is 75.9 Å². The van der Waals surface area contributed by atoms with Crippen LogP contribution in [0, 0.1) is 3.57 Å². The minimum atomic E-state index is 0.606. The standard InChI is InChI=1S/C17H13IO/c18-16-8-5-13(6-9-16)12-19-17-10-7-14-3-1-2-4-15(14)11-17/h1-11H,12H2. The molecular formula is C17H13IO. The summed E-state index contributed by atoms with van der Waals surface area (Å²) in [5.74, 6) is 0.914. The zero-order valence-electron chi connectivity index (χ0n) is 10.3. The van der Waals surface area contributed by atoms with Gasteiger partial charge in [0.1, 0.15) is 12.4 Å². The van der Waals surface area contributed by atoms with Crippen LogP contribution in [-0.2, 0) is 6.61 Å². The number of halogens is 1. The molecule has 3 aromatic rings. The van der Waals surface area contributed by atoms with Crippen LogP contribution in [-0.4, -0.2) is 0 Å². The van der Waals surface area contributed by atoms with Gasteiger partial charge in [0.15, 0.2) is 0 Å². The molecule has 0 unspecified atom stereocenters. The second kappa shape index (κ2) is 5.61. The number of fused-ring (bicyclic) bond motifs is 1. The quantitative estimate of drug-likeness (QED) is 0.596. The summed E-state index contributed by atoms with van der Waals surface area (Å²) in [6, 6.07) is 22.9. The van der Waals surface area contributed by atoms with Crippen LogP contribution in [0.5, 0.6) is 5.75 Å². The van der Waals surface area contributed by atoms with E-state index in [1.807, 2.05) is 12.1 Å². The number of ether oxygens (including phenoxy) is 1. The molecule has 0 fully saturated rings. The van der Waals surface area contributed by atoms with Crippen molar-refractivity contribution in [3.8, 4) is 5.75 Å². The summed E-state index contributed by atoms with van der Waals surface area (Å²) >= 11 is 2.31. The summed E-state index contributed by atoms with van der Waals surface area (Å²) in [4.78, 5) is 0. The normalized spacial score (nSPS) is 10.6. The van der Waals surface area contributed by atoms with Crippen LogP contribution in [0.15, 0.2) is 66.7 Å². The van der Waals surface area contributed by atoms with Gasteiger partial charge in [-0.1, -0.05) is 42.5 Å². The highest BCUT2D eigenvalue weighted by molar-refractivity contribution is 14.1. The molecule has 0 aromatic heterocycles. The Morgan fingerprint density at radius 2 is 1.53 bits per heavy atom. The van der Waals surface area contributed by atoms with E-state index in [1.54, 1.807) is 0 Å².